The average Bonchev–Trinajstić information content (AvgIpc) is 2.87. The molecule has 1 N–H and O–H groups in total. The number of benzene rings is 1. The largest absolute Gasteiger partial charge is 0.493 e. The van der Waals surface area contributed by atoms with Gasteiger partial charge in [-0.2, -0.15) is 0 Å². The predicted octanol–water partition coefficient (Wildman–Crippen LogP) is 1.92. The second-order valence-corrected chi connectivity index (χ2v) is 5.31. The molecule has 1 aromatic carbocycles. The Kier molecular flexibility index (Phi) is 5.25. The lowest BCUT2D eigenvalue weighted by molar-refractivity contribution is -0.141. The van der Waals surface area contributed by atoms with Crippen LogP contribution in [0.25, 0.3) is 0 Å². The number of nitrogens with zero attached hydrogens (tertiary/aromatic N) is 1. The molecule has 0 bridgehead atoms. The minimum atomic E-state index is -0.927. The standard InChI is InChI=1S/C16H21NO5/c1-3-7-22-15-11(5-4-6-13(15)21-2)9-17-10-12(16(19)20)8-14(17)18/h4-6,12H,3,7-10H2,1-2H3,(H,19,20)/t12-/m1/s1. The Labute approximate surface area is 129 Å². The van der Waals surface area contributed by atoms with E-state index in [9.17, 15) is 9.59 Å². The average molecular weight is 307 g/mol. The lowest BCUT2D eigenvalue weighted by atomic mass is 10.1. The van der Waals surface area contributed by atoms with Crippen LogP contribution in [0.4, 0.5) is 0 Å². The summed E-state index contributed by atoms with van der Waals surface area (Å²) in [5.74, 6) is -0.454. The molecular weight excluding hydrogens is 286 g/mol. The van der Waals surface area contributed by atoms with Crippen molar-refractivity contribution in [2.24, 2.45) is 5.92 Å². The van der Waals surface area contributed by atoms with E-state index in [1.54, 1.807) is 18.1 Å². The number of carbonyl (C=O) groups is 2. The van der Waals surface area contributed by atoms with Crippen LogP contribution >= 0.6 is 0 Å². The molecule has 1 aliphatic rings. The molecule has 0 aliphatic carbocycles. The topological polar surface area (TPSA) is 76.1 Å². The number of hydrogen-bond acceptors (Lipinski definition) is 4. The fourth-order valence-corrected chi connectivity index (χ4v) is 2.51. The van der Waals surface area contributed by atoms with Gasteiger partial charge in [0.1, 0.15) is 0 Å². The third kappa shape index (κ3) is 3.50. The molecule has 1 fully saturated rings. The Balaban J connectivity index is 2.18. The van der Waals surface area contributed by atoms with Crippen LogP contribution in [-0.4, -0.2) is 42.1 Å². The van der Waals surface area contributed by atoms with Gasteiger partial charge in [-0.1, -0.05) is 19.1 Å². The van der Waals surface area contributed by atoms with E-state index in [2.05, 4.69) is 0 Å². The zero-order valence-corrected chi connectivity index (χ0v) is 12.9. The molecule has 6 heteroatoms. The van der Waals surface area contributed by atoms with Crippen molar-refractivity contribution in [3.8, 4) is 11.5 Å². The van der Waals surface area contributed by atoms with E-state index in [0.717, 1.165) is 12.0 Å². The van der Waals surface area contributed by atoms with Crippen LogP contribution < -0.4 is 9.47 Å². The van der Waals surface area contributed by atoms with Crippen LogP contribution in [0.5, 0.6) is 11.5 Å². The van der Waals surface area contributed by atoms with Crippen LogP contribution in [0.1, 0.15) is 25.3 Å². The fourth-order valence-electron chi connectivity index (χ4n) is 2.51. The van der Waals surface area contributed by atoms with Crippen molar-refractivity contribution in [3.63, 3.8) is 0 Å². The highest BCUT2D eigenvalue weighted by Crippen LogP contribution is 2.33. The summed E-state index contributed by atoms with van der Waals surface area (Å²) in [6.45, 7) is 3.13. The summed E-state index contributed by atoms with van der Waals surface area (Å²) in [5.41, 5.74) is 0.826. The maximum Gasteiger partial charge on any atom is 0.308 e. The van der Waals surface area contributed by atoms with Crippen LogP contribution in [0.3, 0.4) is 0 Å². The summed E-state index contributed by atoms with van der Waals surface area (Å²) >= 11 is 0. The summed E-state index contributed by atoms with van der Waals surface area (Å²) in [6.07, 6.45) is 0.922. The van der Waals surface area contributed by atoms with Crippen LogP contribution in [-0.2, 0) is 16.1 Å². The van der Waals surface area contributed by atoms with Gasteiger partial charge in [0.25, 0.3) is 0 Å². The van der Waals surface area contributed by atoms with Gasteiger partial charge in [-0.05, 0) is 12.5 Å². The van der Waals surface area contributed by atoms with Gasteiger partial charge >= 0.3 is 5.97 Å². The molecule has 120 valence electrons. The molecule has 0 spiro atoms. The summed E-state index contributed by atoms with van der Waals surface area (Å²) in [7, 11) is 1.57. The third-order valence-electron chi connectivity index (χ3n) is 3.66. The highest BCUT2D eigenvalue weighted by atomic mass is 16.5. The number of methoxy groups -OCH3 is 1. The molecule has 1 heterocycles. The van der Waals surface area contributed by atoms with Gasteiger partial charge in [-0.25, -0.2) is 0 Å². The van der Waals surface area contributed by atoms with Gasteiger partial charge in [0.2, 0.25) is 5.91 Å². The smallest absolute Gasteiger partial charge is 0.308 e. The maximum atomic E-state index is 12.0. The molecule has 1 saturated heterocycles. The Hall–Kier alpha value is -2.24. The first-order valence-corrected chi connectivity index (χ1v) is 7.36. The number of ether oxygens (including phenoxy) is 2. The molecule has 0 radical (unpaired) electrons. The summed E-state index contributed by atoms with van der Waals surface area (Å²) < 4.78 is 11.1. The molecule has 6 nitrogen and oxygen atoms in total. The Bertz CT molecular complexity index is 557. The number of amides is 1. The number of aliphatic carboxylic acids is 1. The van der Waals surface area contributed by atoms with Crippen molar-refractivity contribution >= 4 is 11.9 Å². The number of carboxylic acid groups (broad SMARTS) is 1. The summed E-state index contributed by atoms with van der Waals surface area (Å²) in [5, 5.41) is 9.04. The van der Waals surface area contributed by atoms with Gasteiger partial charge in [-0.3, -0.25) is 9.59 Å². The lowest BCUT2D eigenvalue weighted by Crippen LogP contribution is -2.26. The molecule has 1 aliphatic heterocycles. The Morgan fingerprint density at radius 1 is 1.45 bits per heavy atom. The molecule has 0 saturated carbocycles. The van der Waals surface area contributed by atoms with E-state index in [4.69, 9.17) is 14.6 Å². The van der Waals surface area contributed by atoms with Gasteiger partial charge < -0.3 is 19.5 Å². The van der Waals surface area contributed by atoms with Crippen molar-refractivity contribution in [2.45, 2.75) is 26.3 Å². The van der Waals surface area contributed by atoms with Crippen LogP contribution in [0, 0.1) is 5.92 Å². The van der Waals surface area contributed by atoms with Gasteiger partial charge in [0.15, 0.2) is 11.5 Å². The van der Waals surface area contributed by atoms with Crippen molar-refractivity contribution < 1.29 is 24.2 Å². The first-order valence-electron chi connectivity index (χ1n) is 7.36. The zero-order valence-electron chi connectivity index (χ0n) is 12.9. The fraction of sp³-hybridized carbons (Fsp3) is 0.500. The zero-order chi connectivity index (χ0) is 16.1. The predicted molar refractivity (Wildman–Crippen MR) is 79.9 cm³/mol. The Morgan fingerprint density at radius 2 is 2.23 bits per heavy atom. The second kappa shape index (κ2) is 7.15. The Morgan fingerprint density at radius 3 is 2.82 bits per heavy atom. The van der Waals surface area contributed by atoms with E-state index >= 15 is 0 Å². The monoisotopic (exact) mass is 307 g/mol. The van der Waals surface area contributed by atoms with Crippen LogP contribution in [0.2, 0.25) is 0 Å². The lowest BCUT2D eigenvalue weighted by Gasteiger charge is -2.20. The molecular formula is C16H21NO5. The number of rotatable bonds is 7. The minimum absolute atomic E-state index is 0.0600. The molecule has 1 amide bonds. The maximum absolute atomic E-state index is 12.0. The number of para-hydroxylation sites is 1. The number of carbonyl (C=O) groups excluding carboxylic acids is 1. The number of hydrogen-bond donors (Lipinski definition) is 1. The van der Waals surface area contributed by atoms with E-state index in [-0.39, 0.29) is 18.9 Å². The van der Waals surface area contributed by atoms with Gasteiger partial charge in [0, 0.05) is 25.1 Å². The first kappa shape index (κ1) is 16.1. The molecule has 2 rings (SSSR count). The minimum Gasteiger partial charge on any atom is -0.493 e. The number of carboxylic acids is 1. The number of likely N-dealkylation sites (tertiary alicyclic amines) is 1. The summed E-state index contributed by atoms with van der Waals surface area (Å²) in [6, 6.07) is 5.51. The highest BCUT2D eigenvalue weighted by molar-refractivity contribution is 5.86. The second-order valence-electron chi connectivity index (χ2n) is 5.31. The molecule has 22 heavy (non-hydrogen) atoms. The molecule has 0 aromatic heterocycles. The van der Waals surface area contributed by atoms with Crippen molar-refractivity contribution in [1.29, 1.82) is 0 Å². The SMILES string of the molecule is CCCOc1c(CN2C[C@H](C(=O)O)CC2=O)cccc1OC. The molecule has 0 unspecified atom stereocenters. The van der Waals surface area contributed by atoms with E-state index < -0.39 is 11.9 Å². The van der Waals surface area contributed by atoms with E-state index in [0.29, 0.717) is 24.7 Å². The van der Waals surface area contributed by atoms with E-state index in [1.807, 2.05) is 19.1 Å². The van der Waals surface area contributed by atoms with Crippen LogP contribution in [0.15, 0.2) is 18.2 Å². The van der Waals surface area contributed by atoms with Gasteiger partial charge in [0.05, 0.1) is 19.6 Å². The van der Waals surface area contributed by atoms with Crippen molar-refractivity contribution in [2.75, 3.05) is 20.3 Å². The van der Waals surface area contributed by atoms with E-state index in [1.165, 1.54) is 0 Å². The molecule has 1 aromatic rings. The van der Waals surface area contributed by atoms with Gasteiger partial charge in [-0.15, -0.1) is 0 Å². The quantitative estimate of drug-likeness (QED) is 0.833. The highest BCUT2D eigenvalue weighted by Gasteiger charge is 2.34. The van der Waals surface area contributed by atoms with Crippen molar-refractivity contribution in [1.82, 2.24) is 4.90 Å². The summed E-state index contributed by atoms with van der Waals surface area (Å²) in [4.78, 5) is 24.6. The third-order valence-corrected chi connectivity index (χ3v) is 3.66. The molecule has 1 atom stereocenters. The first-order chi connectivity index (χ1) is 10.6. The normalized spacial score (nSPS) is 17.6. The van der Waals surface area contributed by atoms with Crippen molar-refractivity contribution in [3.05, 3.63) is 23.8 Å².